The van der Waals surface area contributed by atoms with Crippen LogP contribution in [0.5, 0.6) is 11.5 Å². The third kappa shape index (κ3) is 5.04. The molecule has 0 fully saturated rings. The SMILES string of the molecule is CCc1cccc(CC)c1-c1cc(OC)c(COc2cc(C)c(Cl)cc2C(C)C)cn1. The highest BCUT2D eigenvalue weighted by atomic mass is 35.5. The van der Waals surface area contributed by atoms with E-state index in [1.165, 1.54) is 16.7 Å². The minimum atomic E-state index is 0.313. The lowest BCUT2D eigenvalue weighted by atomic mass is 9.94. The molecule has 0 aliphatic carbocycles. The van der Waals surface area contributed by atoms with E-state index in [0.717, 1.165) is 51.7 Å². The maximum absolute atomic E-state index is 6.33. The normalized spacial score (nSPS) is 11.1. The molecule has 31 heavy (non-hydrogen) atoms. The van der Waals surface area contributed by atoms with Gasteiger partial charge in [-0.3, -0.25) is 4.98 Å². The van der Waals surface area contributed by atoms with Crippen LogP contribution in [-0.4, -0.2) is 12.1 Å². The Hall–Kier alpha value is -2.52. The van der Waals surface area contributed by atoms with E-state index in [2.05, 4.69) is 45.9 Å². The predicted molar refractivity (Wildman–Crippen MR) is 130 cm³/mol. The van der Waals surface area contributed by atoms with Crippen LogP contribution in [-0.2, 0) is 19.4 Å². The van der Waals surface area contributed by atoms with Gasteiger partial charge in [-0.1, -0.05) is 57.5 Å². The van der Waals surface area contributed by atoms with Gasteiger partial charge in [0.15, 0.2) is 0 Å². The van der Waals surface area contributed by atoms with Gasteiger partial charge in [0.25, 0.3) is 0 Å². The van der Waals surface area contributed by atoms with E-state index in [-0.39, 0.29) is 0 Å². The van der Waals surface area contributed by atoms with Crippen molar-refractivity contribution in [3.8, 4) is 22.8 Å². The Labute approximate surface area is 191 Å². The van der Waals surface area contributed by atoms with E-state index < -0.39 is 0 Å². The van der Waals surface area contributed by atoms with Gasteiger partial charge in [-0.05, 0) is 60.1 Å². The van der Waals surface area contributed by atoms with Crippen molar-refractivity contribution in [2.75, 3.05) is 7.11 Å². The number of aromatic nitrogens is 1. The molecule has 0 aliphatic rings. The van der Waals surface area contributed by atoms with Gasteiger partial charge in [0.2, 0.25) is 0 Å². The molecule has 4 heteroatoms. The van der Waals surface area contributed by atoms with Crippen LogP contribution in [0.1, 0.15) is 61.4 Å². The number of hydrogen-bond donors (Lipinski definition) is 0. The molecule has 0 saturated carbocycles. The first-order valence-electron chi connectivity index (χ1n) is 11.0. The average Bonchev–Trinajstić information content (AvgIpc) is 2.78. The number of rotatable bonds is 8. The second-order valence-electron chi connectivity index (χ2n) is 8.12. The Morgan fingerprint density at radius 2 is 1.65 bits per heavy atom. The third-order valence-corrected chi connectivity index (χ3v) is 6.12. The molecule has 2 aromatic carbocycles. The molecule has 1 heterocycles. The van der Waals surface area contributed by atoms with E-state index in [0.29, 0.717) is 12.5 Å². The maximum Gasteiger partial charge on any atom is 0.129 e. The van der Waals surface area contributed by atoms with Gasteiger partial charge >= 0.3 is 0 Å². The molecule has 0 spiro atoms. The molecule has 3 aromatic rings. The van der Waals surface area contributed by atoms with Crippen molar-refractivity contribution < 1.29 is 9.47 Å². The highest BCUT2D eigenvalue weighted by Gasteiger charge is 2.15. The van der Waals surface area contributed by atoms with Crippen LogP contribution in [0.25, 0.3) is 11.3 Å². The summed E-state index contributed by atoms with van der Waals surface area (Å²) in [5.74, 6) is 1.95. The summed E-state index contributed by atoms with van der Waals surface area (Å²) < 4.78 is 11.9. The van der Waals surface area contributed by atoms with Gasteiger partial charge in [-0.2, -0.15) is 0 Å². The minimum Gasteiger partial charge on any atom is -0.496 e. The second kappa shape index (κ2) is 10.2. The van der Waals surface area contributed by atoms with Crippen LogP contribution in [0.15, 0.2) is 42.6 Å². The molecule has 0 radical (unpaired) electrons. The quantitative estimate of drug-likeness (QED) is 0.364. The van der Waals surface area contributed by atoms with Crippen molar-refractivity contribution >= 4 is 11.6 Å². The summed E-state index contributed by atoms with van der Waals surface area (Å²) >= 11 is 6.33. The fourth-order valence-corrected chi connectivity index (χ4v) is 4.05. The summed E-state index contributed by atoms with van der Waals surface area (Å²) in [7, 11) is 1.70. The van der Waals surface area contributed by atoms with Gasteiger partial charge in [0.05, 0.1) is 12.8 Å². The Kier molecular flexibility index (Phi) is 7.61. The lowest BCUT2D eigenvalue weighted by Gasteiger charge is -2.18. The number of benzene rings is 2. The smallest absolute Gasteiger partial charge is 0.129 e. The van der Waals surface area contributed by atoms with Gasteiger partial charge in [0, 0.05) is 28.4 Å². The first-order valence-corrected chi connectivity index (χ1v) is 11.3. The Bertz CT molecular complexity index is 1040. The molecule has 164 valence electrons. The van der Waals surface area contributed by atoms with Crippen molar-refractivity contribution in [3.05, 3.63) is 75.4 Å². The van der Waals surface area contributed by atoms with Gasteiger partial charge in [-0.25, -0.2) is 0 Å². The molecule has 3 nitrogen and oxygen atoms in total. The van der Waals surface area contributed by atoms with E-state index in [4.69, 9.17) is 26.1 Å². The zero-order valence-corrected chi connectivity index (χ0v) is 20.1. The Morgan fingerprint density at radius 3 is 2.23 bits per heavy atom. The van der Waals surface area contributed by atoms with Crippen LogP contribution in [0.3, 0.4) is 0 Å². The molecule has 0 unspecified atom stereocenters. The molecule has 0 amide bonds. The summed E-state index contributed by atoms with van der Waals surface area (Å²) in [6.07, 6.45) is 3.80. The third-order valence-electron chi connectivity index (χ3n) is 5.71. The molecule has 0 atom stereocenters. The lowest BCUT2D eigenvalue weighted by molar-refractivity contribution is 0.292. The van der Waals surface area contributed by atoms with Gasteiger partial charge < -0.3 is 9.47 Å². The molecule has 0 N–H and O–H groups in total. The first kappa shape index (κ1) is 23.1. The number of ether oxygens (including phenoxy) is 2. The Balaban J connectivity index is 1.94. The molecular formula is C27H32ClNO2. The lowest BCUT2D eigenvalue weighted by Crippen LogP contribution is -2.04. The summed E-state index contributed by atoms with van der Waals surface area (Å²) in [5, 5.41) is 0.765. The fourth-order valence-electron chi connectivity index (χ4n) is 3.87. The van der Waals surface area contributed by atoms with Gasteiger partial charge in [-0.15, -0.1) is 0 Å². The summed E-state index contributed by atoms with van der Waals surface area (Å²) in [4.78, 5) is 4.80. The zero-order valence-electron chi connectivity index (χ0n) is 19.4. The van der Waals surface area contributed by atoms with Crippen LogP contribution < -0.4 is 9.47 Å². The highest BCUT2D eigenvalue weighted by molar-refractivity contribution is 6.31. The molecule has 0 saturated heterocycles. The fraction of sp³-hybridized carbons (Fsp3) is 0.370. The number of pyridine rings is 1. The van der Waals surface area contributed by atoms with Crippen LogP contribution in [0.4, 0.5) is 0 Å². The summed E-state index contributed by atoms with van der Waals surface area (Å²) in [6, 6.07) is 12.5. The van der Waals surface area contributed by atoms with E-state index in [9.17, 15) is 0 Å². The van der Waals surface area contributed by atoms with E-state index >= 15 is 0 Å². The molecule has 0 bridgehead atoms. The molecule has 0 aliphatic heterocycles. The first-order chi connectivity index (χ1) is 14.9. The Morgan fingerprint density at radius 1 is 0.968 bits per heavy atom. The van der Waals surface area contributed by atoms with E-state index in [1.807, 2.05) is 31.3 Å². The van der Waals surface area contributed by atoms with Crippen LogP contribution in [0.2, 0.25) is 5.02 Å². The average molecular weight is 438 g/mol. The number of aryl methyl sites for hydroxylation is 3. The molecular weight excluding hydrogens is 406 g/mol. The standard InChI is InChI=1S/C27H32ClNO2/c1-7-19-10-9-11-20(8-2)27(19)24-14-25(30-6)21(15-29-24)16-31-26-12-18(5)23(28)13-22(26)17(3)4/h9-15,17H,7-8,16H2,1-6H3. The van der Waals surface area contributed by atoms with Crippen molar-refractivity contribution in [2.45, 2.75) is 60.0 Å². The minimum absolute atomic E-state index is 0.313. The monoisotopic (exact) mass is 437 g/mol. The van der Waals surface area contributed by atoms with Crippen molar-refractivity contribution in [1.29, 1.82) is 0 Å². The van der Waals surface area contributed by atoms with Crippen LogP contribution in [0, 0.1) is 6.92 Å². The summed E-state index contributed by atoms with van der Waals surface area (Å²) in [6.45, 7) is 11.0. The number of methoxy groups -OCH3 is 1. The highest BCUT2D eigenvalue weighted by Crippen LogP contribution is 2.34. The predicted octanol–water partition coefficient (Wildman–Crippen LogP) is 7.55. The number of halogens is 1. The molecule has 3 rings (SSSR count). The van der Waals surface area contributed by atoms with Crippen molar-refractivity contribution in [3.63, 3.8) is 0 Å². The van der Waals surface area contributed by atoms with E-state index in [1.54, 1.807) is 7.11 Å². The summed E-state index contributed by atoms with van der Waals surface area (Å²) in [5.41, 5.74) is 7.79. The number of hydrogen-bond acceptors (Lipinski definition) is 3. The number of nitrogens with zero attached hydrogens (tertiary/aromatic N) is 1. The van der Waals surface area contributed by atoms with Crippen molar-refractivity contribution in [1.82, 2.24) is 4.98 Å². The van der Waals surface area contributed by atoms with Gasteiger partial charge in [0.1, 0.15) is 18.1 Å². The largest absolute Gasteiger partial charge is 0.496 e. The zero-order chi connectivity index (χ0) is 22.5. The maximum atomic E-state index is 6.33. The topological polar surface area (TPSA) is 31.4 Å². The van der Waals surface area contributed by atoms with Crippen molar-refractivity contribution in [2.24, 2.45) is 0 Å². The molecule has 1 aromatic heterocycles. The van der Waals surface area contributed by atoms with Crippen LogP contribution >= 0.6 is 11.6 Å². The second-order valence-corrected chi connectivity index (χ2v) is 8.53.